The number of aromatic nitrogens is 2. The largest absolute Gasteiger partial charge is 0.333 e. The van der Waals surface area contributed by atoms with Gasteiger partial charge in [0.25, 0.3) is 11.7 Å². The van der Waals surface area contributed by atoms with Gasteiger partial charge in [-0.15, -0.1) is 0 Å². The van der Waals surface area contributed by atoms with Gasteiger partial charge in [0.1, 0.15) is 0 Å². The minimum absolute atomic E-state index is 0.323. The molecule has 1 amide bonds. The number of carbonyl (C=O) groups excluding carboxylic acids is 2. The maximum atomic E-state index is 13.1. The molecule has 5 nitrogen and oxygen atoms in total. The summed E-state index contributed by atoms with van der Waals surface area (Å²) in [5, 5.41) is 3.67. The molecule has 4 rings (SSSR count). The second kappa shape index (κ2) is 8.56. The van der Waals surface area contributed by atoms with Crippen molar-refractivity contribution in [2.45, 2.75) is 33.4 Å². The highest BCUT2D eigenvalue weighted by atomic mass is 16.2. The molecule has 0 fully saturated rings. The number of anilines is 1. The first-order valence-electron chi connectivity index (χ1n) is 10.4. The third kappa shape index (κ3) is 4.40. The molecule has 156 valence electrons. The number of aryl methyl sites for hydroxylation is 1. The average molecular weight is 413 g/mol. The maximum absolute atomic E-state index is 13.1. The predicted octanol–water partition coefficient (Wildman–Crippen LogP) is 4.69. The summed E-state index contributed by atoms with van der Waals surface area (Å²) in [6.45, 7) is 6.71. The van der Waals surface area contributed by atoms with Crippen LogP contribution >= 0.6 is 0 Å². The molecule has 0 atom stereocenters. The number of fused-ring (bicyclic) bond motifs is 1. The van der Waals surface area contributed by atoms with Crippen molar-refractivity contribution in [1.29, 1.82) is 0 Å². The number of hydrogen-bond acceptors (Lipinski definition) is 2. The Hall–Kier alpha value is -3.73. The van der Waals surface area contributed by atoms with E-state index in [0.29, 0.717) is 24.0 Å². The monoisotopic (exact) mass is 412 g/mol. The van der Waals surface area contributed by atoms with Gasteiger partial charge in [0, 0.05) is 29.6 Å². The van der Waals surface area contributed by atoms with E-state index in [1.54, 1.807) is 18.2 Å². The Bertz CT molecular complexity index is 1240. The minimum atomic E-state index is -0.643. The highest BCUT2D eigenvalue weighted by molar-refractivity contribution is 6.46. The summed E-state index contributed by atoms with van der Waals surface area (Å²) >= 11 is 0. The van der Waals surface area contributed by atoms with E-state index in [0.717, 1.165) is 16.5 Å². The standard InChI is InChI=1S/C26H25N3O2/c1-18(2)28-14-12-22(13-15-28)27-26(31)25(30)24-16-21-6-4-5-7-23(21)29(24)17-20-10-8-19(3)9-11-20/h4-16,18H,17H2,1-3H3/p+1. The first-order valence-corrected chi connectivity index (χ1v) is 10.4. The number of Topliss-reactive ketones (excluding diaryl/α,β-unsaturated/α-hetero) is 1. The molecular formula is C26H26N3O2+. The van der Waals surface area contributed by atoms with E-state index < -0.39 is 11.7 Å². The van der Waals surface area contributed by atoms with Gasteiger partial charge < -0.3 is 9.88 Å². The molecule has 0 aliphatic carbocycles. The lowest BCUT2D eigenvalue weighted by Gasteiger charge is -2.11. The summed E-state index contributed by atoms with van der Waals surface area (Å²) in [6.07, 6.45) is 3.78. The zero-order chi connectivity index (χ0) is 22.0. The highest BCUT2D eigenvalue weighted by Gasteiger charge is 2.23. The van der Waals surface area contributed by atoms with Crippen molar-refractivity contribution >= 4 is 28.3 Å². The lowest BCUT2D eigenvalue weighted by molar-refractivity contribution is -0.716. The van der Waals surface area contributed by atoms with Crippen molar-refractivity contribution in [2.75, 3.05) is 5.32 Å². The molecule has 0 saturated heterocycles. The van der Waals surface area contributed by atoms with E-state index in [9.17, 15) is 9.59 Å². The number of rotatable bonds is 6. The lowest BCUT2D eigenvalue weighted by atomic mass is 10.1. The van der Waals surface area contributed by atoms with Gasteiger partial charge in [-0.2, -0.15) is 0 Å². The number of benzene rings is 2. The van der Waals surface area contributed by atoms with E-state index in [2.05, 4.69) is 19.2 Å². The Morgan fingerprint density at radius 3 is 2.32 bits per heavy atom. The molecule has 0 radical (unpaired) electrons. The van der Waals surface area contributed by atoms with Crippen molar-refractivity contribution in [3.05, 3.63) is 95.9 Å². The molecule has 2 aromatic carbocycles. The number of para-hydroxylation sites is 1. The Kier molecular flexibility index (Phi) is 5.67. The van der Waals surface area contributed by atoms with Gasteiger partial charge in [0.15, 0.2) is 18.4 Å². The number of ketones is 1. The van der Waals surface area contributed by atoms with Crippen molar-refractivity contribution in [3.8, 4) is 0 Å². The van der Waals surface area contributed by atoms with Crippen LogP contribution in [0.15, 0.2) is 79.1 Å². The van der Waals surface area contributed by atoms with Crippen molar-refractivity contribution in [3.63, 3.8) is 0 Å². The molecule has 5 heteroatoms. The number of pyridine rings is 1. The fourth-order valence-electron chi connectivity index (χ4n) is 3.61. The van der Waals surface area contributed by atoms with E-state index in [1.165, 1.54) is 5.56 Å². The van der Waals surface area contributed by atoms with Crippen molar-refractivity contribution in [1.82, 2.24) is 4.57 Å². The third-order valence-corrected chi connectivity index (χ3v) is 5.42. The molecule has 0 aliphatic rings. The zero-order valence-corrected chi connectivity index (χ0v) is 18.0. The fourth-order valence-corrected chi connectivity index (χ4v) is 3.61. The molecule has 1 N–H and O–H groups in total. The van der Waals surface area contributed by atoms with Crippen molar-refractivity contribution < 1.29 is 14.2 Å². The SMILES string of the molecule is Cc1ccc(Cn2c(C(=O)C(=O)Nc3cc[n+](C(C)C)cc3)cc3ccccc32)cc1. The molecule has 2 heterocycles. The second-order valence-electron chi connectivity index (χ2n) is 8.07. The molecule has 0 aliphatic heterocycles. The van der Waals surface area contributed by atoms with E-state index in [4.69, 9.17) is 0 Å². The summed E-state index contributed by atoms with van der Waals surface area (Å²) in [5.41, 5.74) is 4.15. The first-order chi connectivity index (χ1) is 14.9. The quantitative estimate of drug-likeness (QED) is 0.284. The summed E-state index contributed by atoms with van der Waals surface area (Å²) in [5.74, 6) is -1.20. The molecule has 0 spiro atoms. The van der Waals surface area contributed by atoms with Crippen LogP contribution in [-0.2, 0) is 11.3 Å². The fraction of sp³-hybridized carbons (Fsp3) is 0.192. The van der Waals surface area contributed by atoms with Crippen LogP contribution in [0.1, 0.15) is 41.5 Å². The number of carbonyl (C=O) groups is 2. The zero-order valence-electron chi connectivity index (χ0n) is 18.0. The van der Waals surface area contributed by atoms with E-state index >= 15 is 0 Å². The molecular weight excluding hydrogens is 386 g/mol. The number of amides is 1. The van der Waals surface area contributed by atoms with Crippen LogP contribution in [0, 0.1) is 6.92 Å². The van der Waals surface area contributed by atoms with Crippen LogP contribution in [0.25, 0.3) is 10.9 Å². The summed E-state index contributed by atoms with van der Waals surface area (Å²) in [7, 11) is 0. The van der Waals surface area contributed by atoms with Gasteiger partial charge in [-0.3, -0.25) is 9.59 Å². The summed E-state index contributed by atoms with van der Waals surface area (Å²) in [6, 6.07) is 21.7. The van der Waals surface area contributed by atoms with Gasteiger partial charge >= 0.3 is 0 Å². The predicted molar refractivity (Wildman–Crippen MR) is 122 cm³/mol. The minimum Gasteiger partial charge on any atom is -0.333 e. The van der Waals surface area contributed by atoms with Gasteiger partial charge in [0.2, 0.25) is 0 Å². The number of hydrogen-bond donors (Lipinski definition) is 1. The van der Waals surface area contributed by atoms with Crippen molar-refractivity contribution in [2.24, 2.45) is 0 Å². The Balaban J connectivity index is 1.63. The van der Waals surface area contributed by atoms with E-state index in [-0.39, 0.29) is 0 Å². The molecule has 0 unspecified atom stereocenters. The Morgan fingerprint density at radius 2 is 1.65 bits per heavy atom. The molecule has 2 aromatic heterocycles. The number of nitrogens with one attached hydrogen (secondary N) is 1. The molecule has 0 bridgehead atoms. The van der Waals surface area contributed by atoms with Crippen LogP contribution in [0.2, 0.25) is 0 Å². The van der Waals surface area contributed by atoms with Crippen LogP contribution in [0.4, 0.5) is 5.69 Å². The lowest BCUT2D eigenvalue weighted by Crippen LogP contribution is -2.35. The van der Waals surface area contributed by atoms with Gasteiger partial charge in [0.05, 0.1) is 11.4 Å². The summed E-state index contributed by atoms with van der Waals surface area (Å²) in [4.78, 5) is 25.9. The normalized spacial score (nSPS) is 11.1. The Morgan fingerprint density at radius 1 is 0.968 bits per heavy atom. The van der Waals surface area contributed by atoms with Crippen LogP contribution in [0.5, 0.6) is 0 Å². The molecule has 0 saturated carbocycles. The van der Waals surface area contributed by atoms with Gasteiger partial charge in [-0.05, 0) is 38.5 Å². The van der Waals surface area contributed by atoms with E-state index in [1.807, 2.05) is 77.0 Å². The average Bonchev–Trinajstić information content (AvgIpc) is 3.13. The maximum Gasteiger partial charge on any atom is 0.298 e. The van der Waals surface area contributed by atoms with Crippen LogP contribution in [0.3, 0.4) is 0 Å². The third-order valence-electron chi connectivity index (χ3n) is 5.42. The number of nitrogens with zero attached hydrogens (tertiary/aromatic N) is 2. The smallest absolute Gasteiger partial charge is 0.298 e. The summed E-state index contributed by atoms with van der Waals surface area (Å²) < 4.78 is 3.94. The van der Waals surface area contributed by atoms with Gasteiger partial charge in [-0.25, -0.2) is 4.57 Å². The second-order valence-corrected chi connectivity index (χ2v) is 8.07. The highest BCUT2D eigenvalue weighted by Crippen LogP contribution is 2.22. The topological polar surface area (TPSA) is 55.0 Å². The van der Waals surface area contributed by atoms with Crippen LogP contribution < -0.4 is 9.88 Å². The first kappa shape index (κ1) is 20.5. The van der Waals surface area contributed by atoms with Gasteiger partial charge in [-0.1, -0.05) is 48.0 Å². The Labute approximate surface area is 182 Å². The van der Waals surface area contributed by atoms with Crippen LogP contribution in [-0.4, -0.2) is 16.3 Å². The molecule has 31 heavy (non-hydrogen) atoms. The molecule has 4 aromatic rings.